The van der Waals surface area contributed by atoms with Gasteiger partial charge in [-0.15, -0.1) is 0 Å². The van der Waals surface area contributed by atoms with E-state index >= 15 is 0 Å². The number of fused-ring (bicyclic) bond motifs is 2. The molecule has 0 aromatic carbocycles. The van der Waals surface area contributed by atoms with Gasteiger partial charge >= 0.3 is 0 Å². The molecule has 0 unspecified atom stereocenters. The maximum absolute atomic E-state index is 5.77. The topological polar surface area (TPSA) is 12.5 Å². The van der Waals surface area contributed by atoms with Crippen LogP contribution in [0, 0.1) is 11.3 Å². The third kappa shape index (κ3) is 1.15. The van der Waals surface area contributed by atoms with E-state index in [9.17, 15) is 0 Å². The van der Waals surface area contributed by atoms with Crippen LogP contribution in [0.25, 0.3) is 0 Å². The van der Waals surface area contributed by atoms with Gasteiger partial charge in [0.2, 0.25) is 0 Å². The molecule has 4 saturated heterocycles. The van der Waals surface area contributed by atoms with Crippen molar-refractivity contribution < 1.29 is 4.74 Å². The smallest absolute Gasteiger partial charge is 0.0554 e. The van der Waals surface area contributed by atoms with Crippen molar-refractivity contribution in [2.24, 2.45) is 11.3 Å². The summed E-state index contributed by atoms with van der Waals surface area (Å²) < 4.78 is 5.77. The summed E-state index contributed by atoms with van der Waals surface area (Å²) in [5, 5.41) is 0. The molecule has 74 valence electrons. The van der Waals surface area contributed by atoms with Gasteiger partial charge in [0.05, 0.1) is 12.7 Å². The summed E-state index contributed by atoms with van der Waals surface area (Å²) in [7, 11) is 0. The predicted molar refractivity (Wildman–Crippen MR) is 51.6 cm³/mol. The van der Waals surface area contributed by atoms with E-state index in [0.717, 1.165) is 12.5 Å². The molecule has 0 saturated carbocycles. The highest BCUT2D eigenvalue weighted by molar-refractivity contribution is 5.00. The minimum atomic E-state index is 0.514. The zero-order valence-electron chi connectivity index (χ0n) is 8.46. The summed E-state index contributed by atoms with van der Waals surface area (Å²) in [5.74, 6) is 0.974. The zero-order valence-corrected chi connectivity index (χ0v) is 8.46. The number of hydrogen-bond acceptors (Lipinski definition) is 2. The summed E-state index contributed by atoms with van der Waals surface area (Å²) >= 11 is 0. The van der Waals surface area contributed by atoms with Crippen LogP contribution in [0.5, 0.6) is 0 Å². The van der Waals surface area contributed by atoms with Gasteiger partial charge in [-0.2, -0.15) is 0 Å². The highest BCUT2D eigenvalue weighted by Gasteiger charge is 2.50. The lowest BCUT2D eigenvalue weighted by Crippen LogP contribution is -2.55. The van der Waals surface area contributed by atoms with Gasteiger partial charge in [-0.05, 0) is 45.2 Å². The molecular weight excluding hydrogens is 162 g/mol. The van der Waals surface area contributed by atoms with Gasteiger partial charge in [0.15, 0.2) is 0 Å². The van der Waals surface area contributed by atoms with Crippen LogP contribution in [-0.2, 0) is 4.74 Å². The second-order valence-corrected chi connectivity index (χ2v) is 5.24. The number of piperidine rings is 3. The minimum Gasteiger partial charge on any atom is -0.378 e. The van der Waals surface area contributed by atoms with Crippen molar-refractivity contribution in [3.8, 4) is 0 Å². The molecular formula is C11H19NO. The molecule has 0 aromatic rings. The van der Waals surface area contributed by atoms with Crippen LogP contribution >= 0.6 is 0 Å². The van der Waals surface area contributed by atoms with Gasteiger partial charge in [0.25, 0.3) is 0 Å². The van der Waals surface area contributed by atoms with E-state index in [1.807, 2.05) is 0 Å². The van der Waals surface area contributed by atoms with E-state index in [4.69, 9.17) is 4.74 Å². The molecule has 0 amide bonds. The third-order valence-electron chi connectivity index (χ3n) is 4.34. The van der Waals surface area contributed by atoms with E-state index in [2.05, 4.69) is 11.8 Å². The fraction of sp³-hybridized carbons (Fsp3) is 1.00. The Morgan fingerprint density at radius 2 is 2.08 bits per heavy atom. The average molecular weight is 181 g/mol. The Hall–Kier alpha value is -0.0800. The molecule has 0 aliphatic carbocycles. The molecule has 0 N–H and O–H groups in total. The summed E-state index contributed by atoms with van der Waals surface area (Å²) in [6, 6.07) is 0. The Balaban J connectivity index is 1.83. The minimum absolute atomic E-state index is 0.514. The van der Waals surface area contributed by atoms with Crippen LogP contribution < -0.4 is 0 Å². The second-order valence-electron chi connectivity index (χ2n) is 5.24. The quantitative estimate of drug-likeness (QED) is 0.561. The molecule has 4 heterocycles. The van der Waals surface area contributed by atoms with Crippen LogP contribution in [0.15, 0.2) is 0 Å². The van der Waals surface area contributed by atoms with Gasteiger partial charge in [0.1, 0.15) is 0 Å². The van der Waals surface area contributed by atoms with Gasteiger partial charge in [-0.3, -0.25) is 0 Å². The Morgan fingerprint density at radius 1 is 1.31 bits per heavy atom. The Bertz CT molecular complexity index is 210. The fourth-order valence-electron chi connectivity index (χ4n) is 3.67. The molecule has 4 aliphatic rings. The molecule has 4 aliphatic heterocycles. The molecule has 1 spiro atoms. The van der Waals surface area contributed by atoms with E-state index in [0.29, 0.717) is 11.5 Å². The van der Waals surface area contributed by atoms with Crippen LogP contribution in [0.2, 0.25) is 0 Å². The van der Waals surface area contributed by atoms with Gasteiger partial charge in [-0.25, -0.2) is 0 Å². The van der Waals surface area contributed by atoms with Crippen molar-refractivity contribution in [2.45, 2.75) is 32.3 Å². The number of rotatable bonds is 0. The molecule has 4 fully saturated rings. The number of hydrogen-bond donors (Lipinski definition) is 0. The first-order chi connectivity index (χ1) is 6.28. The van der Waals surface area contributed by atoms with Crippen molar-refractivity contribution >= 4 is 0 Å². The Morgan fingerprint density at radius 3 is 2.54 bits per heavy atom. The molecule has 2 atom stereocenters. The Labute approximate surface area is 80.2 Å². The standard InChI is InChI=1S/C11H19NO/c1-9-6-11(8-13-9)7-12-4-2-10(11)3-5-12/h9-10H,2-8H2,1H3/t9-,11+/m1/s1. The normalized spacial score (nSPS) is 54.7. The Kier molecular flexibility index (Phi) is 1.72. The number of nitrogens with zero attached hydrogens (tertiary/aromatic N) is 1. The van der Waals surface area contributed by atoms with Gasteiger partial charge in [0, 0.05) is 12.0 Å². The first-order valence-electron chi connectivity index (χ1n) is 5.62. The van der Waals surface area contributed by atoms with Crippen LogP contribution in [0.1, 0.15) is 26.2 Å². The molecule has 13 heavy (non-hydrogen) atoms. The lowest BCUT2D eigenvalue weighted by Gasteiger charge is -2.51. The fourth-order valence-corrected chi connectivity index (χ4v) is 3.67. The summed E-state index contributed by atoms with van der Waals surface area (Å²) in [6.07, 6.45) is 4.68. The zero-order chi connectivity index (χ0) is 8.89. The monoisotopic (exact) mass is 181 g/mol. The molecule has 4 rings (SSSR count). The lowest BCUT2D eigenvalue weighted by molar-refractivity contribution is -0.0338. The van der Waals surface area contributed by atoms with Crippen molar-refractivity contribution in [3.63, 3.8) is 0 Å². The maximum Gasteiger partial charge on any atom is 0.0554 e. The number of ether oxygens (including phenoxy) is 1. The first-order valence-corrected chi connectivity index (χ1v) is 5.62. The maximum atomic E-state index is 5.77. The van der Waals surface area contributed by atoms with Crippen molar-refractivity contribution in [1.29, 1.82) is 0 Å². The van der Waals surface area contributed by atoms with E-state index in [-0.39, 0.29) is 0 Å². The highest BCUT2D eigenvalue weighted by atomic mass is 16.5. The second kappa shape index (κ2) is 2.71. The summed E-state index contributed by atoms with van der Waals surface area (Å²) in [6.45, 7) is 7.28. The molecule has 2 nitrogen and oxygen atoms in total. The van der Waals surface area contributed by atoms with Crippen LogP contribution in [0.4, 0.5) is 0 Å². The molecule has 0 radical (unpaired) electrons. The van der Waals surface area contributed by atoms with E-state index in [1.165, 1.54) is 38.9 Å². The van der Waals surface area contributed by atoms with Crippen molar-refractivity contribution in [2.75, 3.05) is 26.2 Å². The van der Waals surface area contributed by atoms with Crippen LogP contribution in [0.3, 0.4) is 0 Å². The molecule has 2 heteroatoms. The summed E-state index contributed by atoms with van der Waals surface area (Å²) in [4.78, 5) is 2.64. The van der Waals surface area contributed by atoms with Gasteiger partial charge < -0.3 is 9.64 Å². The molecule has 0 aromatic heterocycles. The van der Waals surface area contributed by atoms with E-state index in [1.54, 1.807) is 0 Å². The third-order valence-corrected chi connectivity index (χ3v) is 4.34. The molecule has 2 bridgehead atoms. The van der Waals surface area contributed by atoms with Crippen molar-refractivity contribution in [3.05, 3.63) is 0 Å². The predicted octanol–water partition coefficient (Wildman–Crippen LogP) is 1.51. The SMILES string of the molecule is C[C@@H]1C[C@@]2(CO1)CN1CCC2CC1. The van der Waals surface area contributed by atoms with Crippen LogP contribution in [-0.4, -0.2) is 37.2 Å². The average Bonchev–Trinajstić information content (AvgIpc) is 2.49. The van der Waals surface area contributed by atoms with E-state index < -0.39 is 0 Å². The lowest BCUT2D eigenvalue weighted by atomic mass is 9.65. The largest absolute Gasteiger partial charge is 0.378 e. The summed E-state index contributed by atoms with van der Waals surface area (Å²) in [5.41, 5.74) is 0.565. The van der Waals surface area contributed by atoms with Crippen molar-refractivity contribution in [1.82, 2.24) is 4.90 Å². The van der Waals surface area contributed by atoms with Gasteiger partial charge in [-0.1, -0.05) is 0 Å². The first kappa shape index (κ1) is 8.25. The highest BCUT2D eigenvalue weighted by Crippen LogP contribution is 2.48.